The van der Waals surface area contributed by atoms with Gasteiger partial charge in [-0.15, -0.1) is 0 Å². The van der Waals surface area contributed by atoms with Gasteiger partial charge >= 0.3 is 0 Å². The van der Waals surface area contributed by atoms with Gasteiger partial charge in [0.15, 0.2) is 0 Å². The fourth-order valence-corrected chi connectivity index (χ4v) is 5.85. The Morgan fingerprint density at radius 3 is 2.19 bits per heavy atom. The highest BCUT2D eigenvalue weighted by atomic mass is 19.1. The Kier molecular flexibility index (Phi) is 7.65. The number of hydrogen-bond acceptors (Lipinski definition) is 5. The van der Waals surface area contributed by atoms with E-state index in [4.69, 9.17) is 4.98 Å². The van der Waals surface area contributed by atoms with Crippen LogP contribution in [0.5, 0.6) is 0 Å². The van der Waals surface area contributed by atoms with Gasteiger partial charge in [0.2, 0.25) is 5.95 Å². The largest absolute Gasteiger partial charge is 0.365 e. The first-order chi connectivity index (χ1) is 17.9. The van der Waals surface area contributed by atoms with Gasteiger partial charge in [0, 0.05) is 61.7 Å². The van der Waals surface area contributed by atoms with E-state index < -0.39 is 17.5 Å². The Morgan fingerprint density at radius 1 is 0.865 bits per heavy atom. The third kappa shape index (κ3) is 5.74. The van der Waals surface area contributed by atoms with E-state index in [1.807, 2.05) is 0 Å². The minimum Gasteiger partial charge on any atom is -0.365 e. The smallest absolute Gasteiger partial charge is 0.227 e. The summed E-state index contributed by atoms with van der Waals surface area (Å²) in [5.41, 5.74) is 0.690. The summed E-state index contributed by atoms with van der Waals surface area (Å²) in [4.78, 5) is 14.1. The van der Waals surface area contributed by atoms with Gasteiger partial charge in [-0.1, -0.05) is 38.1 Å². The van der Waals surface area contributed by atoms with Crippen molar-refractivity contribution in [3.8, 4) is 11.1 Å². The van der Waals surface area contributed by atoms with Gasteiger partial charge in [-0.05, 0) is 49.3 Å². The third-order valence-corrected chi connectivity index (χ3v) is 7.60. The molecule has 1 N–H and O–H groups in total. The lowest BCUT2D eigenvalue weighted by atomic mass is 9.89. The minimum atomic E-state index is -0.641. The predicted octanol–water partition coefficient (Wildman–Crippen LogP) is 6.12. The van der Waals surface area contributed by atoms with Crippen molar-refractivity contribution in [2.24, 2.45) is 11.8 Å². The van der Waals surface area contributed by atoms with E-state index in [0.29, 0.717) is 28.9 Å². The van der Waals surface area contributed by atoms with Crippen molar-refractivity contribution in [2.75, 3.05) is 36.4 Å². The Hall–Kier alpha value is -3.13. The second-order valence-corrected chi connectivity index (χ2v) is 10.6. The van der Waals surface area contributed by atoms with E-state index in [0.717, 1.165) is 50.9 Å². The summed E-state index contributed by atoms with van der Waals surface area (Å²) < 4.78 is 43.2. The van der Waals surface area contributed by atoms with Crippen LogP contribution in [0, 0.1) is 29.3 Å². The van der Waals surface area contributed by atoms with E-state index in [9.17, 15) is 13.2 Å². The van der Waals surface area contributed by atoms with E-state index in [1.54, 1.807) is 24.4 Å². The maximum Gasteiger partial charge on any atom is 0.227 e. The monoisotopic (exact) mass is 509 g/mol. The molecule has 5 rings (SSSR count). The molecule has 2 atom stereocenters. The molecule has 3 aromatic rings. The number of aromatic nitrogens is 2. The van der Waals surface area contributed by atoms with Crippen molar-refractivity contribution in [3.63, 3.8) is 0 Å². The molecule has 0 amide bonds. The van der Waals surface area contributed by atoms with Gasteiger partial charge in [0.05, 0.1) is 0 Å². The van der Waals surface area contributed by atoms with Gasteiger partial charge in [0.25, 0.3) is 0 Å². The number of hydrogen-bond donors (Lipinski definition) is 1. The lowest BCUT2D eigenvalue weighted by molar-refractivity contribution is 0.0824. The summed E-state index contributed by atoms with van der Waals surface area (Å²) in [6, 6.07) is 10.7. The van der Waals surface area contributed by atoms with Crippen molar-refractivity contribution in [2.45, 2.75) is 45.7 Å². The molecule has 0 radical (unpaired) electrons. The quantitative estimate of drug-likeness (QED) is 0.434. The Morgan fingerprint density at radius 2 is 1.51 bits per heavy atom. The summed E-state index contributed by atoms with van der Waals surface area (Å²) in [5.74, 6) is 0.641. The van der Waals surface area contributed by atoms with Gasteiger partial charge < -0.3 is 10.2 Å². The second-order valence-electron chi connectivity index (χ2n) is 10.6. The first-order valence-electron chi connectivity index (χ1n) is 13.2. The number of anilines is 2. The molecule has 2 saturated heterocycles. The van der Waals surface area contributed by atoms with Crippen LogP contribution in [-0.2, 0) is 6.54 Å². The number of benzene rings is 2. The molecular weight excluding hydrogens is 475 g/mol. The molecule has 0 saturated carbocycles. The van der Waals surface area contributed by atoms with Crippen molar-refractivity contribution >= 4 is 11.8 Å². The van der Waals surface area contributed by atoms with Gasteiger partial charge in [-0.3, -0.25) is 4.90 Å². The van der Waals surface area contributed by atoms with E-state index in [-0.39, 0.29) is 12.1 Å². The van der Waals surface area contributed by atoms with Crippen LogP contribution in [0.15, 0.2) is 48.7 Å². The van der Waals surface area contributed by atoms with Gasteiger partial charge in [-0.25, -0.2) is 18.2 Å². The molecule has 0 aliphatic carbocycles. The zero-order valence-electron chi connectivity index (χ0n) is 21.4. The molecule has 0 spiro atoms. The third-order valence-electron chi connectivity index (χ3n) is 7.60. The number of piperidine rings is 2. The first kappa shape index (κ1) is 25.5. The van der Waals surface area contributed by atoms with Crippen LogP contribution in [0.1, 0.15) is 38.7 Å². The molecule has 196 valence electrons. The number of nitrogens with zero attached hydrogens (tertiary/aromatic N) is 4. The number of halogens is 3. The Bertz CT molecular complexity index is 1200. The van der Waals surface area contributed by atoms with Crippen molar-refractivity contribution in [1.29, 1.82) is 0 Å². The lowest BCUT2D eigenvalue weighted by Gasteiger charge is -2.43. The molecule has 0 bridgehead atoms. The average molecular weight is 510 g/mol. The SMILES string of the molecule is C[C@@H]1C[C@H](C)CN(C2CCN(c3ncc(-c4ccccc4F)c(NCc4c(F)cccc4F)n3)CC2)C1. The number of nitrogens with one attached hydrogen (secondary N) is 1. The van der Waals surface area contributed by atoms with Gasteiger partial charge in [-0.2, -0.15) is 4.98 Å². The maximum atomic E-state index is 14.7. The second kappa shape index (κ2) is 11.1. The average Bonchev–Trinajstić information content (AvgIpc) is 2.88. The highest BCUT2D eigenvalue weighted by molar-refractivity contribution is 5.75. The zero-order chi connectivity index (χ0) is 25.9. The van der Waals surface area contributed by atoms with Gasteiger partial charge in [0.1, 0.15) is 23.3 Å². The molecule has 2 aliphatic heterocycles. The predicted molar refractivity (Wildman–Crippen MR) is 141 cm³/mol. The lowest BCUT2D eigenvalue weighted by Crippen LogP contribution is -2.50. The number of likely N-dealkylation sites (tertiary alicyclic amines) is 1. The molecule has 0 unspecified atom stereocenters. The van der Waals surface area contributed by atoms with Crippen LogP contribution >= 0.6 is 0 Å². The Balaban J connectivity index is 1.36. The molecule has 37 heavy (non-hydrogen) atoms. The van der Waals surface area contributed by atoms with Crippen LogP contribution in [0.2, 0.25) is 0 Å². The van der Waals surface area contributed by atoms with E-state index >= 15 is 0 Å². The summed E-state index contributed by atoms with van der Waals surface area (Å²) in [7, 11) is 0. The molecule has 3 heterocycles. The van der Waals surface area contributed by atoms with Crippen LogP contribution < -0.4 is 10.2 Å². The normalized spacial score (nSPS) is 21.3. The first-order valence-corrected chi connectivity index (χ1v) is 13.2. The van der Waals surface area contributed by atoms with Crippen LogP contribution in [0.3, 0.4) is 0 Å². The van der Waals surface area contributed by atoms with Crippen LogP contribution in [0.25, 0.3) is 11.1 Å². The van der Waals surface area contributed by atoms with Crippen molar-refractivity contribution in [1.82, 2.24) is 14.9 Å². The number of rotatable bonds is 6. The fraction of sp³-hybridized carbons (Fsp3) is 0.448. The maximum absolute atomic E-state index is 14.7. The minimum absolute atomic E-state index is 0.0899. The molecule has 5 nitrogen and oxygen atoms in total. The molecule has 2 fully saturated rings. The molecule has 8 heteroatoms. The Labute approximate surface area is 216 Å². The fourth-order valence-electron chi connectivity index (χ4n) is 5.85. The van der Waals surface area contributed by atoms with E-state index in [1.165, 1.54) is 30.7 Å². The molecule has 2 aliphatic rings. The summed E-state index contributed by atoms with van der Waals surface area (Å²) in [5, 5.41) is 3.05. The van der Waals surface area contributed by atoms with Crippen LogP contribution in [0.4, 0.5) is 24.9 Å². The highest BCUT2D eigenvalue weighted by Gasteiger charge is 2.31. The molecular formula is C29H34F3N5. The standard InChI is InChI=1S/C29H34F3N5/c1-19-14-20(2)18-37(17-19)21-10-12-36(13-11-21)29-34-15-23(22-6-3-4-7-25(22)30)28(35-29)33-16-24-26(31)8-5-9-27(24)32/h3-9,15,19-21H,10-14,16-18H2,1-2H3,(H,33,34,35)/t19-,20+. The van der Waals surface area contributed by atoms with E-state index in [2.05, 4.69) is 33.9 Å². The van der Waals surface area contributed by atoms with Crippen molar-refractivity contribution < 1.29 is 13.2 Å². The highest BCUT2D eigenvalue weighted by Crippen LogP contribution is 2.32. The topological polar surface area (TPSA) is 44.3 Å². The summed E-state index contributed by atoms with van der Waals surface area (Å²) in [6.07, 6.45) is 4.95. The molecule has 2 aromatic carbocycles. The zero-order valence-corrected chi connectivity index (χ0v) is 21.4. The molecule has 1 aromatic heterocycles. The van der Waals surface area contributed by atoms with Crippen molar-refractivity contribution in [3.05, 3.63) is 71.7 Å². The van der Waals surface area contributed by atoms with Crippen LogP contribution in [-0.4, -0.2) is 47.1 Å². The summed E-state index contributed by atoms with van der Waals surface area (Å²) in [6.45, 7) is 8.51. The summed E-state index contributed by atoms with van der Waals surface area (Å²) >= 11 is 0.